The van der Waals surface area contributed by atoms with Crippen molar-refractivity contribution in [3.05, 3.63) is 17.7 Å². The molecule has 23 heavy (non-hydrogen) atoms. The summed E-state index contributed by atoms with van der Waals surface area (Å²) in [6.45, 7) is 7.68. The quantitative estimate of drug-likeness (QED) is 0.754. The lowest BCUT2D eigenvalue weighted by atomic mass is 9.88. The maximum absolute atomic E-state index is 10.3. The van der Waals surface area contributed by atoms with Crippen LogP contribution in [-0.2, 0) is 6.42 Å². The molecule has 2 atom stereocenters. The maximum Gasteiger partial charge on any atom is 0.184 e. The van der Waals surface area contributed by atoms with Crippen molar-refractivity contribution in [1.29, 1.82) is 0 Å². The van der Waals surface area contributed by atoms with Crippen LogP contribution in [0.4, 0.5) is 5.69 Å². The Morgan fingerprint density at radius 1 is 1.35 bits per heavy atom. The van der Waals surface area contributed by atoms with Crippen LogP contribution < -0.4 is 15.2 Å². The van der Waals surface area contributed by atoms with Crippen molar-refractivity contribution in [3.63, 3.8) is 0 Å². The molecule has 1 aliphatic rings. The minimum atomic E-state index is -0.248. The predicted molar refractivity (Wildman–Crippen MR) is 93.1 cm³/mol. The van der Waals surface area contributed by atoms with Gasteiger partial charge in [0.2, 0.25) is 0 Å². The highest BCUT2D eigenvalue weighted by atomic mass is 16.5. The Balaban J connectivity index is 2.13. The van der Waals surface area contributed by atoms with E-state index in [4.69, 9.17) is 15.2 Å². The number of anilines is 1. The topological polar surface area (TPSA) is 68.0 Å². The van der Waals surface area contributed by atoms with Crippen molar-refractivity contribution in [2.24, 2.45) is 5.92 Å². The van der Waals surface area contributed by atoms with Crippen LogP contribution in [0.1, 0.15) is 32.3 Å². The van der Waals surface area contributed by atoms with E-state index in [1.54, 1.807) is 7.11 Å². The molecule has 1 aromatic rings. The molecule has 130 valence electrons. The Labute approximate surface area is 139 Å². The van der Waals surface area contributed by atoms with Gasteiger partial charge < -0.3 is 25.2 Å². The van der Waals surface area contributed by atoms with Crippen LogP contribution in [0.3, 0.4) is 0 Å². The molecule has 1 aromatic carbocycles. The molecule has 1 saturated heterocycles. The van der Waals surface area contributed by atoms with Gasteiger partial charge >= 0.3 is 0 Å². The molecule has 0 radical (unpaired) electrons. The third-order valence-electron chi connectivity index (χ3n) is 4.47. The number of benzene rings is 1. The summed E-state index contributed by atoms with van der Waals surface area (Å²) in [4.78, 5) is 2.44. The lowest BCUT2D eigenvalue weighted by molar-refractivity contribution is 0.0270. The summed E-state index contributed by atoms with van der Waals surface area (Å²) in [6.07, 6.45) is 2.54. The van der Waals surface area contributed by atoms with Gasteiger partial charge in [-0.05, 0) is 50.4 Å². The highest BCUT2D eigenvalue weighted by Gasteiger charge is 2.28. The van der Waals surface area contributed by atoms with E-state index in [0.29, 0.717) is 23.8 Å². The summed E-state index contributed by atoms with van der Waals surface area (Å²) in [5.41, 5.74) is 7.80. The van der Waals surface area contributed by atoms with Crippen LogP contribution in [0.2, 0.25) is 0 Å². The van der Waals surface area contributed by atoms with Crippen LogP contribution in [0, 0.1) is 5.92 Å². The van der Waals surface area contributed by atoms with Gasteiger partial charge in [-0.3, -0.25) is 0 Å². The summed E-state index contributed by atoms with van der Waals surface area (Å²) >= 11 is 0. The minimum absolute atomic E-state index is 0.234. The van der Waals surface area contributed by atoms with E-state index in [1.807, 2.05) is 19.1 Å². The summed E-state index contributed by atoms with van der Waals surface area (Å²) in [7, 11) is 1.62. The van der Waals surface area contributed by atoms with Crippen LogP contribution in [0.5, 0.6) is 11.5 Å². The van der Waals surface area contributed by atoms with Gasteiger partial charge in [0.15, 0.2) is 11.5 Å². The third kappa shape index (κ3) is 4.52. The molecular formula is C18H30N2O3. The number of aliphatic hydroxyl groups is 1. The van der Waals surface area contributed by atoms with Crippen molar-refractivity contribution < 1.29 is 14.6 Å². The zero-order chi connectivity index (χ0) is 16.8. The fourth-order valence-corrected chi connectivity index (χ4v) is 3.37. The second kappa shape index (κ2) is 8.41. The van der Waals surface area contributed by atoms with Crippen LogP contribution >= 0.6 is 0 Å². The second-order valence-electron chi connectivity index (χ2n) is 6.27. The predicted octanol–water partition coefficient (Wildman–Crippen LogP) is 2.31. The van der Waals surface area contributed by atoms with E-state index in [1.165, 1.54) is 0 Å². The Kier molecular flexibility index (Phi) is 6.54. The van der Waals surface area contributed by atoms with Gasteiger partial charge in [0.25, 0.3) is 0 Å². The van der Waals surface area contributed by atoms with E-state index in [0.717, 1.165) is 44.5 Å². The Morgan fingerprint density at radius 2 is 2.13 bits per heavy atom. The van der Waals surface area contributed by atoms with E-state index < -0.39 is 0 Å². The fraction of sp³-hybridized carbons (Fsp3) is 0.667. The number of nitrogens with zero attached hydrogens (tertiary/aromatic N) is 1. The van der Waals surface area contributed by atoms with Gasteiger partial charge in [-0.2, -0.15) is 0 Å². The first kappa shape index (κ1) is 17.9. The molecule has 2 rings (SSSR count). The largest absolute Gasteiger partial charge is 0.493 e. The van der Waals surface area contributed by atoms with Gasteiger partial charge in [0.05, 0.1) is 25.5 Å². The monoisotopic (exact) mass is 322 g/mol. The van der Waals surface area contributed by atoms with E-state index in [-0.39, 0.29) is 12.0 Å². The number of methoxy groups -OCH3 is 1. The SMILES string of the molecule is CCCN1CCC(O)C(Cc2cc(N)c(OCC)c(OC)c2)C1. The smallest absolute Gasteiger partial charge is 0.184 e. The molecule has 1 aliphatic heterocycles. The van der Waals surface area contributed by atoms with E-state index >= 15 is 0 Å². The number of ether oxygens (including phenoxy) is 2. The lowest BCUT2D eigenvalue weighted by Gasteiger charge is -2.36. The number of nitrogen functional groups attached to an aromatic ring is 1. The van der Waals surface area contributed by atoms with Crippen LogP contribution in [0.15, 0.2) is 12.1 Å². The molecular weight excluding hydrogens is 292 g/mol. The number of hydrogen-bond acceptors (Lipinski definition) is 5. The summed E-state index contributed by atoms with van der Waals surface area (Å²) in [5, 5.41) is 10.3. The number of hydrogen-bond donors (Lipinski definition) is 2. The van der Waals surface area contributed by atoms with Crippen molar-refractivity contribution >= 4 is 5.69 Å². The molecule has 2 unspecified atom stereocenters. The number of nitrogens with two attached hydrogens (primary N) is 1. The Hall–Kier alpha value is -1.46. The third-order valence-corrected chi connectivity index (χ3v) is 4.47. The van der Waals surface area contributed by atoms with Gasteiger partial charge in [-0.15, -0.1) is 0 Å². The first-order valence-corrected chi connectivity index (χ1v) is 8.58. The number of aliphatic hydroxyl groups excluding tert-OH is 1. The first-order valence-electron chi connectivity index (χ1n) is 8.58. The normalized spacial score (nSPS) is 22.1. The molecule has 0 aromatic heterocycles. The molecule has 0 bridgehead atoms. The van der Waals surface area contributed by atoms with Gasteiger partial charge in [-0.25, -0.2) is 0 Å². The molecule has 3 N–H and O–H groups in total. The molecule has 1 fully saturated rings. The molecule has 5 heteroatoms. The van der Waals surface area contributed by atoms with Crippen LogP contribution in [0.25, 0.3) is 0 Å². The average molecular weight is 322 g/mol. The number of piperidine rings is 1. The Bertz CT molecular complexity index is 507. The van der Waals surface area contributed by atoms with Crippen LogP contribution in [-0.4, -0.2) is 49.5 Å². The maximum atomic E-state index is 10.3. The fourth-order valence-electron chi connectivity index (χ4n) is 3.37. The van der Waals surface area contributed by atoms with Gasteiger partial charge in [0.1, 0.15) is 0 Å². The highest BCUT2D eigenvalue weighted by Crippen LogP contribution is 2.36. The van der Waals surface area contributed by atoms with Crippen molar-refractivity contribution in [1.82, 2.24) is 4.90 Å². The standard InChI is InChI=1S/C18H30N2O3/c1-4-7-20-8-6-16(21)14(12-20)9-13-10-15(19)18(23-5-2)17(11-13)22-3/h10-11,14,16,21H,4-9,12,19H2,1-3H3. The van der Waals surface area contributed by atoms with E-state index in [9.17, 15) is 5.11 Å². The van der Waals surface area contributed by atoms with Crippen molar-refractivity contribution in [3.8, 4) is 11.5 Å². The molecule has 0 aliphatic carbocycles. The molecule has 0 spiro atoms. The summed E-state index contributed by atoms with van der Waals surface area (Å²) in [5.74, 6) is 1.51. The zero-order valence-corrected chi connectivity index (χ0v) is 14.5. The summed E-state index contributed by atoms with van der Waals surface area (Å²) < 4.78 is 11.0. The molecule has 1 heterocycles. The Morgan fingerprint density at radius 3 is 2.78 bits per heavy atom. The molecule has 5 nitrogen and oxygen atoms in total. The molecule has 0 amide bonds. The lowest BCUT2D eigenvalue weighted by Crippen LogP contribution is -2.44. The minimum Gasteiger partial charge on any atom is -0.493 e. The summed E-state index contributed by atoms with van der Waals surface area (Å²) in [6, 6.07) is 3.92. The number of rotatable bonds is 7. The zero-order valence-electron chi connectivity index (χ0n) is 14.5. The van der Waals surface area contributed by atoms with E-state index in [2.05, 4.69) is 11.8 Å². The molecule has 0 saturated carbocycles. The second-order valence-corrected chi connectivity index (χ2v) is 6.27. The van der Waals surface area contributed by atoms with Gasteiger partial charge in [0, 0.05) is 19.0 Å². The van der Waals surface area contributed by atoms with Crippen molar-refractivity contribution in [2.45, 2.75) is 39.2 Å². The van der Waals surface area contributed by atoms with Crippen molar-refractivity contribution in [2.75, 3.05) is 39.1 Å². The average Bonchev–Trinajstić information content (AvgIpc) is 2.53. The first-order chi connectivity index (χ1) is 11.1. The highest BCUT2D eigenvalue weighted by molar-refractivity contribution is 5.62. The number of likely N-dealkylation sites (tertiary alicyclic amines) is 1. The van der Waals surface area contributed by atoms with Gasteiger partial charge in [-0.1, -0.05) is 6.92 Å².